The fourth-order valence-electron chi connectivity index (χ4n) is 2.55. The molecule has 4 nitrogen and oxygen atoms in total. The number of hydrogen-bond acceptors (Lipinski definition) is 2. The van der Waals surface area contributed by atoms with E-state index in [-0.39, 0.29) is 11.1 Å². The van der Waals surface area contributed by atoms with E-state index in [0.29, 0.717) is 17.5 Å². The van der Waals surface area contributed by atoms with Crippen LogP contribution in [0.1, 0.15) is 31.8 Å². The highest BCUT2D eigenvalue weighted by Crippen LogP contribution is 2.39. The van der Waals surface area contributed by atoms with Crippen molar-refractivity contribution in [3.05, 3.63) is 58.7 Å². The van der Waals surface area contributed by atoms with Gasteiger partial charge in [0.2, 0.25) is 0 Å². The van der Waals surface area contributed by atoms with Gasteiger partial charge in [0.15, 0.2) is 0 Å². The van der Waals surface area contributed by atoms with Crippen LogP contribution in [0.2, 0.25) is 0 Å². The highest BCUT2D eigenvalue weighted by Gasteiger charge is 2.24. The van der Waals surface area contributed by atoms with Crippen LogP contribution >= 0.6 is 0 Å². The van der Waals surface area contributed by atoms with Crippen LogP contribution < -0.4 is 0 Å². The first-order valence-electron chi connectivity index (χ1n) is 5.79. The third-order valence-corrected chi connectivity index (χ3v) is 3.39. The van der Waals surface area contributed by atoms with Gasteiger partial charge >= 0.3 is 11.9 Å². The summed E-state index contributed by atoms with van der Waals surface area (Å²) < 4.78 is 0. The van der Waals surface area contributed by atoms with E-state index in [1.165, 1.54) is 0 Å². The molecular weight excluding hydrogens is 244 g/mol. The van der Waals surface area contributed by atoms with Gasteiger partial charge in [-0.25, -0.2) is 9.59 Å². The predicted octanol–water partition coefficient (Wildman–Crippen LogP) is 2.65. The van der Waals surface area contributed by atoms with E-state index in [0.717, 1.165) is 11.1 Å². The van der Waals surface area contributed by atoms with Crippen LogP contribution in [-0.2, 0) is 6.42 Å². The normalized spacial score (nSPS) is 11.8. The quantitative estimate of drug-likeness (QED) is 0.737. The molecule has 0 radical (unpaired) electrons. The average Bonchev–Trinajstić information content (AvgIpc) is 2.75. The van der Waals surface area contributed by atoms with E-state index in [1.54, 1.807) is 30.3 Å². The molecule has 0 saturated heterocycles. The number of benzene rings is 2. The molecule has 0 aromatic heterocycles. The molecule has 0 unspecified atom stereocenters. The number of rotatable bonds is 2. The Balaban J connectivity index is 2.28. The maximum absolute atomic E-state index is 11.3. The zero-order valence-electron chi connectivity index (χ0n) is 9.88. The Morgan fingerprint density at radius 1 is 0.947 bits per heavy atom. The van der Waals surface area contributed by atoms with E-state index >= 15 is 0 Å². The van der Waals surface area contributed by atoms with Crippen molar-refractivity contribution in [1.29, 1.82) is 0 Å². The molecule has 0 saturated carbocycles. The van der Waals surface area contributed by atoms with Crippen molar-refractivity contribution in [3.8, 4) is 11.1 Å². The Morgan fingerprint density at radius 2 is 1.74 bits per heavy atom. The number of hydrogen-bond donors (Lipinski definition) is 2. The van der Waals surface area contributed by atoms with Crippen LogP contribution in [0.3, 0.4) is 0 Å². The molecular formula is C15H10O4. The van der Waals surface area contributed by atoms with Crippen LogP contribution in [0.15, 0.2) is 36.4 Å². The molecule has 2 aromatic rings. The molecule has 2 N–H and O–H groups in total. The van der Waals surface area contributed by atoms with E-state index in [4.69, 9.17) is 5.11 Å². The summed E-state index contributed by atoms with van der Waals surface area (Å²) in [4.78, 5) is 22.3. The molecule has 3 rings (SSSR count). The monoisotopic (exact) mass is 254 g/mol. The molecule has 94 valence electrons. The molecule has 1 aliphatic rings. The molecule has 4 heteroatoms. The SMILES string of the molecule is O=C(O)c1ccc2c(c1)-c1c(cccc1C(=O)O)C2. The number of carboxylic acid groups (broad SMARTS) is 2. The lowest BCUT2D eigenvalue weighted by atomic mass is 9.98. The third kappa shape index (κ3) is 1.69. The third-order valence-electron chi connectivity index (χ3n) is 3.39. The molecule has 0 atom stereocenters. The van der Waals surface area contributed by atoms with Crippen molar-refractivity contribution in [2.45, 2.75) is 6.42 Å². The zero-order valence-corrected chi connectivity index (χ0v) is 9.88. The minimum atomic E-state index is -1.01. The number of carbonyl (C=O) groups is 2. The Labute approximate surface area is 108 Å². The van der Waals surface area contributed by atoms with Gasteiger partial charge in [0.05, 0.1) is 11.1 Å². The first kappa shape index (κ1) is 11.5. The van der Waals surface area contributed by atoms with Gasteiger partial charge in [-0.05, 0) is 41.3 Å². The molecule has 0 heterocycles. The summed E-state index contributed by atoms with van der Waals surface area (Å²) in [5, 5.41) is 18.3. The van der Waals surface area contributed by atoms with Gasteiger partial charge in [0.1, 0.15) is 0 Å². The van der Waals surface area contributed by atoms with Crippen LogP contribution in [0.25, 0.3) is 11.1 Å². The van der Waals surface area contributed by atoms with Gasteiger partial charge in [-0.15, -0.1) is 0 Å². The lowest BCUT2D eigenvalue weighted by Crippen LogP contribution is -2.00. The van der Waals surface area contributed by atoms with Gasteiger partial charge in [0, 0.05) is 5.56 Å². The Bertz CT molecular complexity index is 716. The largest absolute Gasteiger partial charge is 0.478 e. The maximum atomic E-state index is 11.3. The molecule has 0 spiro atoms. The van der Waals surface area contributed by atoms with Crippen LogP contribution in [0.4, 0.5) is 0 Å². The summed E-state index contributed by atoms with van der Waals surface area (Å²) in [6.07, 6.45) is 0.645. The van der Waals surface area contributed by atoms with E-state index < -0.39 is 11.9 Å². The molecule has 19 heavy (non-hydrogen) atoms. The van der Waals surface area contributed by atoms with Crippen molar-refractivity contribution < 1.29 is 19.8 Å². The summed E-state index contributed by atoms with van der Waals surface area (Å²) in [5.41, 5.74) is 3.65. The fourth-order valence-corrected chi connectivity index (χ4v) is 2.55. The first-order chi connectivity index (χ1) is 9.08. The van der Waals surface area contributed by atoms with E-state index in [2.05, 4.69) is 0 Å². The average molecular weight is 254 g/mol. The highest BCUT2D eigenvalue weighted by molar-refractivity contribution is 6.00. The number of fused-ring (bicyclic) bond motifs is 3. The van der Waals surface area contributed by atoms with E-state index in [1.807, 2.05) is 6.07 Å². The molecule has 2 aromatic carbocycles. The minimum absolute atomic E-state index is 0.173. The van der Waals surface area contributed by atoms with Gasteiger partial charge in [-0.1, -0.05) is 18.2 Å². The lowest BCUT2D eigenvalue weighted by molar-refractivity contribution is 0.0687. The van der Waals surface area contributed by atoms with Crippen molar-refractivity contribution in [2.75, 3.05) is 0 Å². The second-order valence-electron chi connectivity index (χ2n) is 4.50. The fraction of sp³-hybridized carbons (Fsp3) is 0.0667. The second-order valence-corrected chi connectivity index (χ2v) is 4.50. The Kier molecular flexibility index (Phi) is 2.38. The van der Waals surface area contributed by atoms with Gasteiger partial charge in [0.25, 0.3) is 0 Å². The Hall–Kier alpha value is -2.62. The summed E-state index contributed by atoms with van der Waals surface area (Å²) >= 11 is 0. The molecule has 1 aliphatic carbocycles. The topological polar surface area (TPSA) is 74.6 Å². The van der Waals surface area contributed by atoms with Crippen molar-refractivity contribution in [3.63, 3.8) is 0 Å². The molecule has 0 bridgehead atoms. The lowest BCUT2D eigenvalue weighted by Gasteiger charge is -2.06. The van der Waals surface area contributed by atoms with Gasteiger partial charge in [-0.3, -0.25) is 0 Å². The van der Waals surface area contributed by atoms with Crippen LogP contribution in [0.5, 0.6) is 0 Å². The number of aromatic carboxylic acids is 2. The van der Waals surface area contributed by atoms with Crippen LogP contribution in [-0.4, -0.2) is 22.2 Å². The molecule has 0 aliphatic heterocycles. The second kappa shape index (κ2) is 3.95. The zero-order chi connectivity index (χ0) is 13.6. The van der Waals surface area contributed by atoms with Crippen molar-refractivity contribution >= 4 is 11.9 Å². The van der Waals surface area contributed by atoms with Crippen molar-refractivity contribution in [1.82, 2.24) is 0 Å². The smallest absolute Gasteiger partial charge is 0.336 e. The summed E-state index contributed by atoms with van der Waals surface area (Å²) in [6.45, 7) is 0. The molecule has 0 amide bonds. The van der Waals surface area contributed by atoms with Crippen LogP contribution in [0, 0.1) is 0 Å². The summed E-state index contributed by atoms with van der Waals surface area (Å²) in [5.74, 6) is -2.01. The highest BCUT2D eigenvalue weighted by atomic mass is 16.4. The Morgan fingerprint density at radius 3 is 2.42 bits per heavy atom. The van der Waals surface area contributed by atoms with Gasteiger partial charge < -0.3 is 10.2 Å². The van der Waals surface area contributed by atoms with E-state index in [9.17, 15) is 14.7 Å². The molecule has 0 fully saturated rings. The van der Waals surface area contributed by atoms with Crippen molar-refractivity contribution in [2.24, 2.45) is 0 Å². The summed E-state index contributed by atoms with van der Waals surface area (Å²) in [7, 11) is 0. The standard InChI is InChI=1S/C15H10O4/c16-14(17)10-5-4-8-6-9-2-1-3-11(15(18)19)13(9)12(8)7-10/h1-5,7H,6H2,(H,16,17)(H,18,19). The predicted molar refractivity (Wildman–Crippen MR) is 68.6 cm³/mol. The minimum Gasteiger partial charge on any atom is -0.478 e. The maximum Gasteiger partial charge on any atom is 0.336 e. The van der Waals surface area contributed by atoms with Gasteiger partial charge in [-0.2, -0.15) is 0 Å². The first-order valence-corrected chi connectivity index (χ1v) is 5.79. The summed E-state index contributed by atoms with van der Waals surface area (Å²) in [6, 6.07) is 9.99. The number of carboxylic acids is 2.